The fourth-order valence-corrected chi connectivity index (χ4v) is 2.99. The fourth-order valence-electron chi connectivity index (χ4n) is 2.99. The number of hydrogen-bond acceptors (Lipinski definition) is 3. The number of rotatable bonds is 1. The SMILES string of the molecule is CC(C)(C)OC(=O)NC1CCC[C@H]2CNC[C@H]12. The average Bonchev–Trinajstić information content (AvgIpc) is 2.63. The molecule has 1 heterocycles. The number of carbonyl (C=O) groups excluding carboxylic acids is 1. The largest absolute Gasteiger partial charge is 0.444 e. The van der Waals surface area contributed by atoms with Crippen molar-refractivity contribution in [2.45, 2.75) is 51.7 Å². The molecular formula is C13H24N2O2. The Morgan fingerprint density at radius 1 is 1.29 bits per heavy atom. The van der Waals surface area contributed by atoms with E-state index in [4.69, 9.17) is 4.74 Å². The summed E-state index contributed by atoms with van der Waals surface area (Å²) < 4.78 is 5.32. The second-order valence-electron chi connectivity index (χ2n) is 6.27. The normalized spacial score (nSPS) is 33.0. The van der Waals surface area contributed by atoms with Crippen LogP contribution in [0.4, 0.5) is 4.79 Å². The van der Waals surface area contributed by atoms with Crippen LogP contribution in [0.5, 0.6) is 0 Å². The maximum atomic E-state index is 11.8. The van der Waals surface area contributed by atoms with Crippen LogP contribution in [0.25, 0.3) is 0 Å². The van der Waals surface area contributed by atoms with Gasteiger partial charge < -0.3 is 15.4 Å². The van der Waals surface area contributed by atoms with Crippen LogP contribution in [-0.4, -0.2) is 30.8 Å². The summed E-state index contributed by atoms with van der Waals surface area (Å²) in [4.78, 5) is 11.8. The van der Waals surface area contributed by atoms with Crippen LogP contribution in [0.2, 0.25) is 0 Å². The summed E-state index contributed by atoms with van der Waals surface area (Å²) in [5.74, 6) is 1.33. The highest BCUT2D eigenvalue weighted by molar-refractivity contribution is 5.68. The van der Waals surface area contributed by atoms with Crippen LogP contribution in [0, 0.1) is 11.8 Å². The quantitative estimate of drug-likeness (QED) is 0.736. The summed E-state index contributed by atoms with van der Waals surface area (Å²) in [6, 6.07) is 0.290. The van der Waals surface area contributed by atoms with E-state index in [1.165, 1.54) is 12.8 Å². The van der Waals surface area contributed by atoms with Crippen molar-refractivity contribution in [1.82, 2.24) is 10.6 Å². The Morgan fingerprint density at radius 3 is 2.76 bits per heavy atom. The van der Waals surface area contributed by atoms with Crippen LogP contribution >= 0.6 is 0 Å². The van der Waals surface area contributed by atoms with E-state index >= 15 is 0 Å². The van der Waals surface area contributed by atoms with Gasteiger partial charge in [-0.2, -0.15) is 0 Å². The van der Waals surface area contributed by atoms with Gasteiger partial charge in [0.2, 0.25) is 0 Å². The van der Waals surface area contributed by atoms with Crippen LogP contribution in [0.3, 0.4) is 0 Å². The molecule has 2 rings (SSSR count). The van der Waals surface area contributed by atoms with Gasteiger partial charge in [-0.1, -0.05) is 6.42 Å². The molecule has 3 atom stereocenters. The molecule has 1 aliphatic carbocycles. The van der Waals surface area contributed by atoms with Gasteiger partial charge in [-0.15, -0.1) is 0 Å². The third-order valence-corrected chi connectivity index (χ3v) is 3.70. The first kappa shape index (κ1) is 12.7. The predicted molar refractivity (Wildman–Crippen MR) is 66.9 cm³/mol. The molecule has 1 unspecified atom stereocenters. The lowest BCUT2D eigenvalue weighted by molar-refractivity contribution is 0.0461. The Kier molecular flexibility index (Phi) is 3.61. The fraction of sp³-hybridized carbons (Fsp3) is 0.923. The number of hydrogen-bond donors (Lipinski definition) is 2. The standard InChI is InChI=1S/C13H24N2O2/c1-13(2,3)17-12(16)15-11-6-4-5-9-7-14-8-10(9)11/h9-11,14H,4-8H2,1-3H3,(H,15,16)/t9-,10-,11?/m0/s1. The first-order valence-corrected chi connectivity index (χ1v) is 6.66. The van der Waals surface area contributed by atoms with Crippen molar-refractivity contribution in [3.8, 4) is 0 Å². The summed E-state index contributed by atoms with van der Waals surface area (Å²) in [5, 5.41) is 6.47. The molecule has 2 fully saturated rings. The summed E-state index contributed by atoms with van der Waals surface area (Å²) in [6.07, 6.45) is 3.32. The molecule has 0 spiro atoms. The molecule has 0 radical (unpaired) electrons. The minimum atomic E-state index is -0.411. The highest BCUT2D eigenvalue weighted by atomic mass is 16.6. The van der Waals surface area contributed by atoms with Gasteiger partial charge >= 0.3 is 6.09 Å². The molecule has 2 aliphatic rings. The van der Waals surface area contributed by atoms with Crippen molar-refractivity contribution in [1.29, 1.82) is 0 Å². The van der Waals surface area contributed by atoms with E-state index in [1.807, 2.05) is 20.8 Å². The topological polar surface area (TPSA) is 50.4 Å². The summed E-state index contributed by atoms with van der Waals surface area (Å²) in [5.41, 5.74) is -0.411. The van der Waals surface area contributed by atoms with E-state index in [9.17, 15) is 4.79 Å². The zero-order valence-electron chi connectivity index (χ0n) is 11.1. The molecule has 2 N–H and O–H groups in total. The molecule has 1 saturated heterocycles. The molecule has 4 nitrogen and oxygen atoms in total. The zero-order chi connectivity index (χ0) is 12.5. The highest BCUT2D eigenvalue weighted by Crippen LogP contribution is 2.32. The molecule has 1 aliphatic heterocycles. The maximum absolute atomic E-state index is 11.8. The molecular weight excluding hydrogens is 216 g/mol. The Morgan fingerprint density at radius 2 is 2.06 bits per heavy atom. The molecule has 17 heavy (non-hydrogen) atoms. The molecule has 1 amide bonds. The van der Waals surface area contributed by atoms with E-state index in [0.717, 1.165) is 25.4 Å². The average molecular weight is 240 g/mol. The lowest BCUT2D eigenvalue weighted by Crippen LogP contribution is -2.47. The highest BCUT2D eigenvalue weighted by Gasteiger charge is 2.37. The van der Waals surface area contributed by atoms with Gasteiger partial charge in [0.05, 0.1) is 0 Å². The van der Waals surface area contributed by atoms with Gasteiger partial charge in [-0.05, 0) is 52.0 Å². The molecule has 98 valence electrons. The Hall–Kier alpha value is -0.770. The molecule has 0 aromatic heterocycles. The number of fused-ring (bicyclic) bond motifs is 1. The monoisotopic (exact) mass is 240 g/mol. The van der Waals surface area contributed by atoms with Crippen molar-refractivity contribution < 1.29 is 9.53 Å². The minimum Gasteiger partial charge on any atom is -0.444 e. The lowest BCUT2D eigenvalue weighted by atomic mass is 9.78. The summed E-state index contributed by atoms with van der Waals surface area (Å²) in [7, 11) is 0. The van der Waals surface area contributed by atoms with Crippen molar-refractivity contribution in [3.05, 3.63) is 0 Å². The second-order valence-corrected chi connectivity index (χ2v) is 6.27. The van der Waals surface area contributed by atoms with Crippen LogP contribution < -0.4 is 10.6 Å². The van der Waals surface area contributed by atoms with Gasteiger partial charge in [-0.25, -0.2) is 4.79 Å². The number of amides is 1. The molecule has 4 heteroatoms. The van der Waals surface area contributed by atoms with Crippen molar-refractivity contribution in [2.75, 3.05) is 13.1 Å². The van der Waals surface area contributed by atoms with Gasteiger partial charge in [-0.3, -0.25) is 0 Å². The smallest absolute Gasteiger partial charge is 0.407 e. The lowest BCUT2D eigenvalue weighted by Gasteiger charge is -2.34. The Bertz CT molecular complexity index is 286. The van der Waals surface area contributed by atoms with Crippen molar-refractivity contribution >= 4 is 6.09 Å². The maximum Gasteiger partial charge on any atom is 0.407 e. The minimum absolute atomic E-state index is 0.268. The van der Waals surface area contributed by atoms with Crippen LogP contribution in [-0.2, 0) is 4.74 Å². The summed E-state index contributed by atoms with van der Waals surface area (Å²) in [6.45, 7) is 7.83. The van der Waals surface area contributed by atoms with Crippen molar-refractivity contribution in [2.24, 2.45) is 11.8 Å². The number of carbonyl (C=O) groups is 1. The Labute approximate surface area is 103 Å². The predicted octanol–water partition coefficient (Wildman–Crippen LogP) is 1.90. The molecule has 0 aromatic carbocycles. The van der Waals surface area contributed by atoms with E-state index in [0.29, 0.717) is 12.0 Å². The third-order valence-electron chi connectivity index (χ3n) is 3.70. The Balaban J connectivity index is 1.87. The molecule has 1 saturated carbocycles. The molecule has 0 bridgehead atoms. The first-order valence-electron chi connectivity index (χ1n) is 6.66. The van der Waals surface area contributed by atoms with Crippen molar-refractivity contribution in [3.63, 3.8) is 0 Å². The van der Waals surface area contributed by atoms with Gasteiger partial charge in [0.1, 0.15) is 5.60 Å². The summed E-state index contributed by atoms with van der Waals surface area (Å²) >= 11 is 0. The zero-order valence-corrected chi connectivity index (χ0v) is 11.1. The third kappa shape index (κ3) is 3.35. The van der Waals surface area contributed by atoms with E-state index < -0.39 is 5.60 Å². The van der Waals surface area contributed by atoms with Crippen LogP contribution in [0.1, 0.15) is 40.0 Å². The second kappa shape index (κ2) is 4.84. The number of alkyl carbamates (subject to hydrolysis) is 1. The van der Waals surface area contributed by atoms with E-state index in [-0.39, 0.29) is 6.09 Å². The van der Waals surface area contributed by atoms with Gasteiger partial charge in [0, 0.05) is 12.6 Å². The van der Waals surface area contributed by atoms with Gasteiger partial charge in [0.25, 0.3) is 0 Å². The van der Waals surface area contributed by atoms with E-state index in [2.05, 4.69) is 10.6 Å². The molecule has 0 aromatic rings. The van der Waals surface area contributed by atoms with E-state index in [1.54, 1.807) is 0 Å². The number of ether oxygens (including phenoxy) is 1. The van der Waals surface area contributed by atoms with Gasteiger partial charge in [0.15, 0.2) is 0 Å². The number of nitrogens with one attached hydrogen (secondary N) is 2. The first-order chi connectivity index (χ1) is 7.96. The van der Waals surface area contributed by atoms with Crippen LogP contribution in [0.15, 0.2) is 0 Å².